The molecule has 0 aliphatic heterocycles. The summed E-state index contributed by atoms with van der Waals surface area (Å²) in [5.74, 6) is 0. The van der Waals surface area contributed by atoms with E-state index in [9.17, 15) is 17.6 Å². The zero-order valence-electron chi connectivity index (χ0n) is 15.9. The summed E-state index contributed by atoms with van der Waals surface area (Å²) < 4.78 is 58.4. The van der Waals surface area contributed by atoms with Gasteiger partial charge in [0.1, 0.15) is 16.5 Å². The van der Waals surface area contributed by atoms with Crippen LogP contribution < -0.4 is 10.6 Å². The van der Waals surface area contributed by atoms with Gasteiger partial charge in [-0.3, -0.25) is 0 Å². The number of nitrogens with one attached hydrogen (secondary N) is 2. The second-order valence-electron chi connectivity index (χ2n) is 6.31. The van der Waals surface area contributed by atoms with Crippen molar-refractivity contribution in [3.8, 4) is 0 Å². The Morgan fingerprint density at radius 3 is 2.31 bits per heavy atom. The van der Waals surface area contributed by atoms with E-state index >= 15 is 0 Å². The molecule has 3 aromatic rings. The van der Waals surface area contributed by atoms with Gasteiger partial charge >= 0.3 is 0 Å². The molecule has 0 amide bonds. The van der Waals surface area contributed by atoms with Gasteiger partial charge < -0.3 is 15.4 Å². The summed E-state index contributed by atoms with van der Waals surface area (Å²) in [4.78, 5) is 9.18. The predicted molar refractivity (Wildman–Crippen MR) is 105 cm³/mol. The van der Waals surface area contributed by atoms with Gasteiger partial charge in [-0.25, -0.2) is 27.5 Å². The molecule has 2 atom stereocenters. The van der Waals surface area contributed by atoms with Crippen molar-refractivity contribution in [2.24, 2.45) is 0 Å². The number of aryl methyl sites for hydroxylation is 1. The van der Waals surface area contributed by atoms with Gasteiger partial charge in [0.25, 0.3) is 12.9 Å². The van der Waals surface area contributed by atoms with E-state index in [1.807, 2.05) is 0 Å². The summed E-state index contributed by atoms with van der Waals surface area (Å²) in [5.41, 5.74) is 1.84. The lowest BCUT2D eigenvalue weighted by Gasteiger charge is -2.20. The molecule has 3 rings (SSSR count). The lowest BCUT2D eigenvalue weighted by molar-refractivity contribution is -0.0332. The first-order valence-electron chi connectivity index (χ1n) is 8.75. The Morgan fingerprint density at radius 2 is 1.76 bits per heavy atom. The van der Waals surface area contributed by atoms with Crippen molar-refractivity contribution in [3.05, 3.63) is 46.6 Å². The molecule has 0 radical (unpaired) electrons. The number of thiazole rings is 1. The molecular weight excluding hydrogens is 408 g/mol. The molecule has 0 aliphatic rings. The number of fused-ring (bicyclic) bond motifs is 1. The van der Waals surface area contributed by atoms with Crippen molar-refractivity contribution in [3.63, 3.8) is 0 Å². The Bertz CT molecular complexity index is 965. The number of benzene rings is 1. The minimum absolute atomic E-state index is 0.210. The lowest BCUT2D eigenvalue weighted by atomic mass is 10.1. The summed E-state index contributed by atoms with van der Waals surface area (Å²) in [6.45, 7) is 1.77. The summed E-state index contributed by atoms with van der Waals surface area (Å²) in [6.07, 6.45) is -5.36. The smallest absolute Gasteiger partial charge is 0.268 e. The summed E-state index contributed by atoms with van der Waals surface area (Å²) >= 11 is 1.30. The molecule has 2 aromatic heterocycles. The van der Waals surface area contributed by atoms with E-state index in [0.717, 1.165) is 0 Å². The highest BCUT2D eigenvalue weighted by Crippen LogP contribution is 2.38. The van der Waals surface area contributed by atoms with E-state index in [4.69, 9.17) is 4.74 Å². The molecule has 0 aliphatic carbocycles. The first-order valence-corrected chi connectivity index (χ1v) is 9.56. The highest BCUT2D eigenvalue weighted by atomic mass is 32.1. The molecule has 0 saturated heterocycles. The fourth-order valence-corrected chi connectivity index (χ4v) is 3.88. The minimum Gasteiger partial charge on any atom is -0.371 e. The molecule has 10 heteroatoms. The van der Waals surface area contributed by atoms with Crippen LogP contribution in [0.2, 0.25) is 0 Å². The van der Waals surface area contributed by atoms with E-state index in [1.54, 1.807) is 31.2 Å². The number of anilines is 2. The molecule has 0 bridgehead atoms. The molecule has 1 aromatic carbocycles. The number of halogens is 4. The van der Waals surface area contributed by atoms with Crippen molar-refractivity contribution in [2.75, 3.05) is 19.5 Å². The van der Waals surface area contributed by atoms with Crippen LogP contribution >= 0.6 is 11.3 Å². The second-order valence-corrected chi connectivity index (χ2v) is 7.49. The summed E-state index contributed by atoms with van der Waals surface area (Å²) in [5, 5.41) is 6.30. The predicted octanol–water partition coefficient (Wildman–Crippen LogP) is 5.22. The van der Waals surface area contributed by atoms with Crippen molar-refractivity contribution >= 4 is 33.1 Å². The molecule has 2 N–H and O–H groups in total. The number of hydrogen-bond donors (Lipinski definition) is 2. The number of pyridine rings is 1. The first-order chi connectivity index (χ1) is 13.8. The van der Waals surface area contributed by atoms with Crippen LogP contribution in [0.1, 0.15) is 28.3 Å². The van der Waals surface area contributed by atoms with Gasteiger partial charge in [-0.15, -0.1) is 0 Å². The molecule has 0 saturated carbocycles. The highest BCUT2D eigenvalue weighted by Gasteiger charge is 2.29. The minimum atomic E-state index is -2.77. The zero-order chi connectivity index (χ0) is 21.1. The third kappa shape index (κ3) is 4.49. The van der Waals surface area contributed by atoms with Gasteiger partial charge in [-0.05, 0) is 31.7 Å². The van der Waals surface area contributed by atoms with Crippen LogP contribution in [0.5, 0.6) is 0 Å². The number of methoxy groups -OCH3 is 1. The van der Waals surface area contributed by atoms with Gasteiger partial charge in [0.2, 0.25) is 0 Å². The molecule has 156 valence electrons. The zero-order valence-corrected chi connectivity index (χ0v) is 16.7. The lowest BCUT2D eigenvalue weighted by Crippen LogP contribution is -2.23. The van der Waals surface area contributed by atoms with Crippen molar-refractivity contribution < 1.29 is 22.3 Å². The van der Waals surface area contributed by atoms with E-state index < -0.39 is 25.0 Å². The topological polar surface area (TPSA) is 59.1 Å². The largest absolute Gasteiger partial charge is 0.371 e. The van der Waals surface area contributed by atoms with Crippen LogP contribution in [0.4, 0.5) is 28.9 Å². The molecule has 5 nitrogen and oxygen atoms in total. The molecule has 0 unspecified atom stereocenters. The SMILES string of the molecule is CN[C@@H](c1ccc(Nc2cnc3sc(C)nc3c2[C@@H](OC)C(F)F)cc1)C(F)F. The number of hydrogen-bond acceptors (Lipinski definition) is 6. The monoisotopic (exact) mass is 428 g/mol. The van der Waals surface area contributed by atoms with Gasteiger partial charge in [0.05, 0.1) is 22.9 Å². The Labute approximate surface area is 169 Å². The van der Waals surface area contributed by atoms with E-state index in [0.29, 0.717) is 32.3 Å². The number of nitrogens with zero attached hydrogens (tertiary/aromatic N) is 2. The molecule has 29 heavy (non-hydrogen) atoms. The third-order valence-electron chi connectivity index (χ3n) is 4.45. The average Bonchev–Trinajstić information content (AvgIpc) is 3.05. The van der Waals surface area contributed by atoms with Crippen LogP contribution in [-0.2, 0) is 4.74 Å². The fraction of sp³-hybridized carbons (Fsp3) is 0.368. The van der Waals surface area contributed by atoms with Crippen LogP contribution in [-0.4, -0.2) is 37.0 Å². The maximum atomic E-state index is 13.6. The van der Waals surface area contributed by atoms with Crippen molar-refractivity contribution in [2.45, 2.75) is 31.9 Å². The highest BCUT2D eigenvalue weighted by molar-refractivity contribution is 7.18. The van der Waals surface area contributed by atoms with Crippen LogP contribution in [0.25, 0.3) is 10.3 Å². The number of alkyl halides is 4. The van der Waals surface area contributed by atoms with Crippen LogP contribution in [0.3, 0.4) is 0 Å². The Hall–Kier alpha value is -2.30. The summed E-state index contributed by atoms with van der Waals surface area (Å²) in [6, 6.07) is 5.22. The number of rotatable bonds is 8. The molecule has 2 heterocycles. The van der Waals surface area contributed by atoms with E-state index in [1.165, 1.54) is 31.7 Å². The van der Waals surface area contributed by atoms with Gasteiger partial charge in [0, 0.05) is 18.4 Å². The van der Waals surface area contributed by atoms with Crippen LogP contribution in [0.15, 0.2) is 30.5 Å². The maximum absolute atomic E-state index is 13.6. The van der Waals surface area contributed by atoms with Gasteiger partial charge in [-0.2, -0.15) is 0 Å². The van der Waals surface area contributed by atoms with Gasteiger partial charge in [-0.1, -0.05) is 23.5 Å². The Morgan fingerprint density at radius 1 is 1.07 bits per heavy atom. The summed E-state index contributed by atoms with van der Waals surface area (Å²) in [7, 11) is 2.67. The second kappa shape index (κ2) is 9.02. The Kier molecular flexibility index (Phi) is 6.66. The van der Waals surface area contributed by atoms with Crippen molar-refractivity contribution in [1.29, 1.82) is 0 Å². The Balaban J connectivity index is 1.99. The molecule has 0 spiro atoms. The van der Waals surface area contributed by atoms with E-state index in [-0.39, 0.29) is 5.56 Å². The quantitative estimate of drug-likeness (QED) is 0.482. The van der Waals surface area contributed by atoms with Crippen LogP contribution in [0, 0.1) is 6.92 Å². The first kappa shape index (κ1) is 21.4. The maximum Gasteiger partial charge on any atom is 0.268 e. The van der Waals surface area contributed by atoms with E-state index in [2.05, 4.69) is 20.6 Å². The fourth-order valence-electron chi connectivity index (χ4n) is 3.10. The number of ether oxygens (including phenoxy) is 1. The average molecular weight is 428 g/mol. The molecular formula is C19H20F4N4OS. The van der Waals surface area contributed by atoms with Gasteiger partial charge in [0.15, 0.2) is 0 Å². The molecule has 0 fully saturated rings. The third-order valence-corrected chi connectivity index (χ3v) is 5.33. The normalized spacial score (nSPS) is 14.0. The number of aromatic nitrogens is 2. The standard InChI is InChI=1S/C19H20F4N4OS/c1-9-26-15-13(16(28-3)18(22)23)12(8-25-19(15)29-9)27-11-6-4-10(5-7-11)14(24-2)17(20)21/h4-8,14,16-18,24,27H,1-3H3/t14-,16+/m0/s1. The van der Waals surface area contributed by atoms with Crippen molar-refractivity contribution in [1.82, 2.24) is 15.3 Å².